The van der Waals surface area contributed by atoms with Crippen LogP contribution in [0.2, 0.25) is 0 Å². The molecule has 2 aromatic carbocycles. The number of benzene rings is 2. The molecule has 196 valence electrons. The third-order valence-electron chi connectivity index (χ3n) is 4.11. The average molecular weight is 680 g/mol. The Balaban J connectivity index is 0.000000642. The number of sulfonamides is 1. The molecule has 0 saturated carbocycles. The van der Waals surface area contributed by atoms with Gasteiger partial charge in [0.15, 0.2) is 0 Å². The molecule has 0 aliphatic rings. The van der Waals surface area contributed by atoms with Crippen LogP contribution in [0.5, 0.6) is 11.5 Å². The number of nitrogens with two attached hydrogens (primary N) is 1. The molecule has 0 aromatic heterocycles. The molecule has 0 saturated heterocycles. The number of carbonyl (C=O) groups is 2. The predicted molar refractivity (Wildman–Crippen MR) is 141 cm³/mol. The lowest BCUT2D eigenvalue weighted by Crippen LogP contribution is -2.14. The van der Waals surface area contributed by atoms with Gasteiger partial charge >= 0.3 is 0 Å². The van der Waals surface area contributed by atoms with Crippen LogP contribution in [0, 0.1) is 0 Å². The molecule has 0 unspecified atom stereocenters. The summed E-state index contributed by atoms with van der Waals surface area (Å²) in [7, 11) is 0.225. The van der Waals surface area contributed by atoms with Gasteiger partial charge in [-0.1, -0.05) is 39.3 Å². The summed E-state index contributed by atoms with van der Waals surface area (Å²) in [4.78, 5) is 21.8. The van der Waals surface area contributed by atoms with Crippen LogP contribution in [0.1, 0.15) is 32.4 Å². The molecule has 0 aliphatic heterocycles. The first-order valence-corrected chi connectivity index (χ1v) is 14.6. The maximum absolute atomic E-state index is 11.3. The molecule has 9 nitrogen and oxygen atoms in total. The fraction of sp³-hybridized carbons (Fsp3) is 0.333. The minimum atomic E-state index is -3.88. The minimum Gasteiger partial charge on any atom is -0.495 e. The number of halogens is 3. The van der Waals surface area contributed by atoms with E-state index >= 15 is 0 Å². The van der Waals surface area contributed by atoms with Gasteiger partial charge in [-0.05, 0) is 49.2 Å². The first-order valence-electron chi connectivity index (χ1n) is 9.20. The smallest absolute Gasteiger partial charge is 0.265 e. The second-order valence-electron chi connectivity index (χ2n) is 6.93. The lowest BCUT2D eigenvalue weighted by Gasteiger charge is -2.10. The van der Waals surface area contributed by atoms with Crippen LogP contribution in [0.4, 0.5) is 0 Å². The van der Waals surface area contributed by atoms with E-state index in [4.69, 9.17) is 25.3 Å². The summed E-state index contributed by atoms with van der Waals surface area (Å²) in [5.41, 5.74) is 1.31. The maximum Gasteiger partial charge on any atom is 0.265 e. The molecule has 35 heavy (non-hydrogen) atoms. The Bertz CT molecular complexity index is 1210. The Morgan fingerprint density at radius 2 is 1.17 bits per heavy atom. The summed E-state index contributed by atoms with van der Waals surface area (Å²) in [5, 5.41) is 5.06. The van der Waals surface area contributed by atoms with Gasteiger partial charge in [0.25, 0.3) is 9.05 Å². The van der Waals surface area contributed by atoms with Crippen LogP contribution in [0.15, 0.2) is 43.0 Å². The summed E-state index contributed by atoms with van der Waals surface area (Å²) in [6.45, 7) is 2.90. The van der Waals surface area contributed by atoms with Gasteiger partial charge in [-0.15, -0.1) is 0 Å². The van der Waals surface area contributed by atoms with Crippen molar-refractivity contribution in [2.24, 2.45) is 5.14 Å². The molecule has 14 heteroatoms. The van der Waals surface area contributed by atoms with Crippen molar-refractivity contribution >= 4 is 73.2 Å². The average Bonchev–Trinajstić information content (AvgIpc) is 2.68. The third-order valence-corrected chi connectivity index (χ3v) is 7.86. The molecule has 0 bridgehead atoms. The molecule has 2 rings (SSSR count). The van der Waals surface area contributed by atoms with Crippen LogP contribution >= 0.6 is 42.5 Å². The monoisotopic (exact) mass is 677 g/mol. The van der Waals surface area contributed by atoms with Gasteiger partial charge in [-0.3, -0.25) is 9.59 Å². The summed E-state index contributed by atoms with van der Waals surface area (Å²) in [5.74, 6) is 0.191. The van der Waals surface area contributed by atoms with Gasteiger partial charge in [-0.25, -0.2) is 22.0 Å². The predicted octanol–water partition coefficient (Wildman–Crippen LogP) is 4.39. The third kappa shape index (κ3) is 10.2. The SMILES string of the molecule is C.COc1cc(CC(C)=O)c(Br)cc1S(=O)(=O)Cl.COc1cc(CC(C)=O)c(Br)cc1S(N)(=O)=O. The highest BCUT2D eigenvalue weighted by Gasteiger charge is 2.20. The topological polar surface area (TPSA) is 147 Å². The number of ether oxygens (including phenoxy) is 2. The van der Waals surface area contributed by atoms with Gasteiger partial charge in [0, 0.05) is 32.5 Å². The largest absolute Gasteiger partial charge is 0.495 e. The van der Waals surface area contributed by atoms with Gasteiger partial charge in [-0.2, -0.15) is 0 Å². The molecule has 0 amide bonds. The normalized spacial score (nSPS) is 11.0. The van der Waals surface area contributed by atoms with Crippen molar-refractivity contribution in [2.75, 3.05) is 14.2 Å². The molecular weight excluding hydrogens is 654 g/mol. The van der Waals surface area contributed by atoms with Crippen molar-refractivity contribution in [1.82, 2.24) is 0 Å². The quantitative estimate of drug-likeness (QED) is 0.405. The number of methoxy groups -OCH3 is 2. The van der Waals surface area contributed by atoms with Crippen LogP contribution in [0.25, 0.3) is 0 Å². The molecule has 0 radical (unpaired) electrons. The maximum atomic E-state index is 11.3. The van der Waals surface area contributed by atoms with E-state index in [9.17, 15) is 26.4 Å². The summed E-state index contributed by atoms with van der Waals surface area (Å²) in [6.07, 6.45) is 0.390. The first-order chi connectivity index (χ1) is 15.5. The van der Waals surface area contributed by atoms with Crippen LogP contribution < -0.4 is 14.6 Å². The molecule has 0 spiro atoms. The standard InChI is InChI=1S/C10H10BrClO4S.C10H12BrNO4S.CH4/c2*1-6(13)3-7-4-9(16-2)10(5-8(7)11)17(12,14)15;/h4-5H,3H2,1-2H3;4-5H,3H2,1-2H3,(H2,12,14,15);1H4. The second-order valence-corrected chi connectivity index (χ2v) is 12.7. The van der Waals surface area contributed by atoms with Crippen molar-refractivity contribution in [3.8, 4) is 11.5 Å². The fourth-order valence-corrected chi connectivity index (χ4v) is 5.67. The Morgan fingerprint density at radius 1 is 0.829 bits per heavy atom. The van der Waals surface area contributed by atoms with Crippen molar-refractivity contribution in [2.45, 2.75) is 43.9 Å². The zero-order valence-electron chi connectivity index (χ0n) is 18.5. The van der Waals surface area contributed by atoms with E-state index in [2.05, 4.69) is 31.9 Å². The molecule has 0 atom stereocenters. The van der Waals surface area contributed by atoms with E-state index in [-0.39, 0.29) is 53.1 Å². The van der Waals surface area contributed by atoms with Gasteiger partial charge in [0.05, 0.1) is 14.2 Å². The number of primary sulfonamides is 1. The Morgan fingerprint density at radius 3 is 1.46 bits per heavy atom. The number of Topliss-reactive ketones (excluding diaryl/α,β-unsaturated/α-hetero) is 2. The van der Waals surface area contributed by atoms with Gasteiger partial charge in [0.1, 0.15) is 32.9 Å². The van der Waals surface area contributed by atoms with Gasteiger partial charge < -0.3 is 9.47 Å². The molecule has 0 fully saturated rings. The van der Waals surface area contributed by atoms with E-state index in [1.807, 2.05) is 0 Å². The molecule has 2 N–H and O–H groups in total. The van der Waals surface area contributed by atoms with E-state index in [1.165, 1.54) is 52.3 Å². The van der Waals surface area contributed by atoms with Crippen LogP contribution in [-0.2, 0) is 41.5 Å². The first kappa shape index (κ1) is 33.5. The number of hydrogen-bond acceptors (Lipinski definition) is 8. The lowest BCUT2D eigenvalue weighted by atomic mass is 10.1. The van der Waals surface area contributed by atoms with E-state index in [1.54, 1.807) is 0 Å². The number of ketones is 2. The Kier molecular flexibility index (Phi) is 13.1. The summed E-state index contributed by atoms with van der Waals surface area (Å²) >= 11 is 6.40. The highest BCUT2D eigenvalue weighted by Crippen LogP contribution is 2.33. The Hall–Kier alpha value is -1.51. The number of hydrogen-bond donors (Lipinski definition) is 1. The van der Waals surface area contributed by atoms with Crippen LogP contribution in [0.3, 0.4) is 0 Å². The fourth-order valence-electron chi connectivity index (χ4n) is 2.69. The highest BCUT2D eigenvalue weighted by molar-refractivity contribution is 9.10. The van der Waals surface area contributed by atoms with E-state index in [0.29, 0.717) is 20.1 Å². The molecular formula is C21H26Br2ClNO8S2. The van der Waals surface area contributed by atoms with Crippen molar-refractivity contribution in [1.29, 1.82) is 0 Å². The molecule has 0 aliphatic carbocycles. The van der Waals surface area contributed by atoms with E-state index < -0.39 is 19.1 Å². The number of carbonyl (C=O) groups excluding carboxylic acids is 2. The van der Waals surface area contributed by atoms with E-state index in [0.717, 1.165) is 0 Å². The van der Waals surface area contributed by atoms with Crippen molar-refractivity contribution in [3.63, 3.8) is 0 Å². The molecule has 0 heterocycles. The zero-order chi connectivity index (χ0) is 26.4. The van der Waals surface area contributed by atoms with Crippen LogP contribution in [-0.4, -0.2) is 42.6 Å². The summed E-state index contributed by atoms with van der Waals surface area (Å²) < 4.78 is 56.1. The Labute approximate surface area is 227 Å². The highest BCUT2D eigenvalue weighted by atomic mass is 79.9. The van der Waals surface area contributed by atoms with Gasteiger partial charge in [0.2, 0.25) is 10.0 Å². The number of rotatable bonds is 8. The summed E-state index contributed by atoms with van der Waals surface area (Å²) in [6, 6.07) is 5.65. The molecule has 2 aromatic rings. The minimum absolute atomic E-state index is 0. The second kappa shape index (κ2) is 13.7. The van der Waals surface area contributed by atoms with Crippen molar-refractivity contribution in [3.05, 3.63) is 44.3 Å². The zero-order valence-corrected chi connectivity index (χ0v) is 24.1. The lowest BCUT2D eigenvalue weighted by molar-refractivity contribution is -0.117. The van der Waals surface area contributed by atoms with Crippen molar-refractivity contribution < 1.29 is 35.9 Å².